The molecule has 10 heteroatoms. The van der Waals surface area contributed by atoms with E-state index in [4.69, 9.17) is 4.98 Å². The number of aliphatic hydroxyl groups excluding tert-OH is 2. The van der Waals surface area contributed by atoms with Crippen molar-refractivity contribution in [1.29, 1.82) is 0 Å². The Morgan fingerprint density at radius 3 is 2.16 bits per heavy atom. The van der Waals surface area contributed by atoms with Gasteiger partial charge in [0.15, 0.2) is 0 Å². The van der Waals surface area contributed by atoms with Gasteiger partial charge in [0.2, 0.25) is 0 Å². The highest BCUT2D eigenvalue weighted by Crippen LogP contribution is 3.02. The first-order chi connectivity index (χ1) is 14.5. The second-order valence-electron chi connectivity index (χ2n) is 9.43. The van der Waals surface area contributed by atoms with E-state index in [2.05, 4.69) is 22.6 Å². The minimum Gasteiger partial charge on any atom is -0.388 e. The Morgan fingerprint density at radius 1 is 1.09 bits per heavy atom. The van der Waals surface area contributed by atoms with Crippen LogP contribution in [0.2, 0.25) is 0 Å². The molecule has 0 radical (unpaired) electrons. The summed E-state index contributed by atoms with van der Waals surface area (Å²) in [7, 11) is -9.79. The molecule has 2 atom stereocenters. The van der Waals surface area contributed by atoms with Gasteiger partial charge < -0.3 is 10.2 Å². The zero-order valence-corrected chi connectivity index (χ0v) is 20.6. The van der Waals surface area contributed by atoms with E-state index < -0.39 is 27.3 Å². The van der Waals surface area contributed by atoms with E-state index in [0.29, 0.717) is 38.9 Å². The molecule has 2 N–H and O–H groups in total. The van der Waals surface area contributed by atoms with Crippen LogP contribution in [0.4, 0.5) is 19.4 Å². The van der Waals surface area contributed by atoms with Crippen molar-refractivity contribution >= 4 is 32.8 Å². The van der Waals surface area contributed by atoms with E-state index >= 15 is 0 Å². The number of benzene rings is 1. The quantitative estimate of drug-likeness (QED) is 0.284. The highest BCUT2D eigenvalue weighted by molar-refractivity contribution is 14.1. The standard InChI is InChI=1S/C22H25F5INO2S/c1-12(2)20-18(21(31)13-4-6-14(7-5-13)32(23,24,25,26)27)19(28)17-15(29-20)10-22(8-3-9-22)11-16(17)30/h4-7,12,16,21,30-31H,3,8-11H2,1-2H3/t16-,21-/m0/s1. The molecular weight excluding hydrogens is 564 g/mol. The summed E-state index contributed by atoms with van der Waals surface area (Å²) in [6.07, 6.45) is 2.49. The Morgan fingerprint density at radius 2 is 1.69 bits per heavy atom. The molecule has 178 valence electrons. The fourth-order valence-corrected chi connectivity index (χ4v) is 6.79. The highest BCUT2D eigenvalue weighted by atomic mass is 127. The van der Waals surface area contributed by atoms with E-state index in [9.17, 15) is 29.6 Å². The molecule has 1 aromatic heterocycles. The summed E-state index contributed by atoms with van der Waals surface area (Å²) in [5.74, 6) is -0.0983. The third-order valence-electron chi connectivity index (χ3n) is 6.69. The largest absolute Gasteiger partial charge is 0.388 e. The van der Waals surface area contributed by atoms with Crippen molar-refractivity contribution in [3.05, 3.63) is 55.9 Å². The second kappa shape index (κ2) is 7.02. The molecule has 3 nitrogen and oxygen atoms in total. The summed E-state index contributed by atoms with van der Waals surface area (Å²) in [6.45, 7) is 3.80. The SMILES string of the molecule is CC(C)c1nc2c(c(I)c1[C@@H](O)c1ccc(S(F)(F)(F)(F)F)cc1)[C@@H](O)CC1(CCC1)C2. The van der Waals surface area contributed by atoms with Gasteiger partial charge in [-0.05, 0) is 77.3 Å². The summed E-state index contributed by atoms with van der Waals surface area (Å²) >= 11 is 2.05. The van der Waals surface area contributed by atoms with Gasteiger partial charge in [-0.2, -0.15) is 0 Å². The van der Waals surface area contributed by atoms with Crippen LogP contribution >= 0.6 is 32.8 Å². The first-order valence-corrected chi connectivity index (χ1v) is 13.5. The molecule has 0 unspecified atom stereocenters. The van der Waals surface area contributed by atoms with Gasteiger partial charge in [-0.15, -0.1) is 0 Å². The molecule has 4 rings (SSSR count). The summed E-state index contributed by atoms with van der Waals surface area (Å²) in [6, 6.07) is 2.36. The minimum absolute atomic E-state index is 0.0536. The highest BCUT2D eigenvalue weighted by Gasteiger charge is 2.65. The molecule has 1 fully saturated rings. The smallest absolute Gasteiger partial charge is 0.310 e. The Labute approximate surface area is 197 Å². The van der Waals surface area contributed by atoms with Crippen molar-refractivity contribution < 1.29 is 29.6 Å². The molecule has 0 saturated heterocycles. The average molecular weight is 589 g/mol. The van der Waals surface area contributed by atoms with Crippen LogP contribution in [0.1, 0.15) is 85.7 Å². The summed E-state index contributed by atoms with van der Waals surface area (Å²) in [5.41, 5.74) is 2.59. The van der Waals surface area contributed by atoms with E-state index in [1.807, 2.05) is 13.8 Å². The lowest BCUT2D eigenvalue weighted by molar-refractivity contribution is 0.0236. The van der Waals surface area contributed by atoms with Crippen molar-refractivity contribution in [2.24, 2.45) is 5.41 Å². The van der Waals surface area contributed by atoms with Gasteiger partial charge in [0.25, 0.3) is 0 Å². The van der Waals surface area contributed by atoms with E-state index in [1.165, 1.54) is 0 Å². The minimum atomic E-state index is -9.79. The molecule has 1 saturated carbocycles. The van der Waals surface area contributed by atoms with Crippen LogP contribution in [0.3, 0.4) is 0 Å². The van der Waals surface area contributed by atoms with Crippen LogP contribution < -0.4 is 0 Å². The Kier molecular flexibility index (Phi) is 5.30. The maximum Gasteiger partial charge on any atom is 0.310 e. The first-order valence-electron chi connectivity index (χ1n) is 10.4. The topological polar surface area (TPSA) is 53.4 Å². The summed E-state index contributed by atoms with van der Waals surface area (Å²) < 4.78 is 65.9. The zero-order chi connectivity index (χ0) is 23.8. The molecule has 1 heterocycles. The number of aromatic nitrogens is 1. The molecule has 2 aliphatic carbocycles. The number of nitrogens with zero attached hydrogens (tertiary/aromatic N) is 1. The number of pyridine rings is 1. The normalized spacial score (nSPS) is 23.3. The van der Waals surface area contributed by atoms with Gasteiger partial charge >= 0.3 is 10.2 Å². The average Bonchev–Trinajstić information content (AvgIpc) is 2.63. The Balaban J connectivity index is 1.79. The number of hydrogen-bond donors (Lipinski definition) is 2. The van der Waals surface area contributed by atoms with Gasteiger partial charge in [-0.1, -0.05) is 51.8 Å². The van der Waals surface area contributed by atoms with Crippen molar-refractivity contribution in [2.75, 3.05) is 0 Å². The predicted molar refractivity (Wildman–Crippen MR) is 123 cm³/mol. The lowest BCUT2D eigenvalue weighted by atomic mass is 9.59. The van der Waals surface area contributed by atoms with Crippen molar-refractivity contribution in [3.8, 4) is 0 Å². The van der Waals surface area contributed by atoms with Crippen LogP contribution in [0, 0.1) is 8.99 Å². The zero-order valence-electron chi connectivity index (χ0n) is 17.6. The van der Waals surface area contributed by atoms with Crippen LogP contribution in [0.5, 0.6) is 0 Å². The molecule has 2 aliphatic rings. The summed E-state index contributed by atoms with van der Waals surface area (Å²) in [4.78, 5) is 2.81. The Hall–Kier alpha value is -0.980. The number of rotatable bonds is 4. The number of hydrogen-bond acceptors (Lipinski definition) is 3. The van der Waals surface area contributed by atoms with Crippen molar-refractivity contribution in [2.45, 2.75) is 69.0 Å². The lowest BCUT2D eigenvalue weighted by Gasteiger charge is -2.47. The molecule has 1 spiro atoms. The third kappa shape index (κ3) is 4.27. The molecular formula is C22H25F5INO2S. The molecule has 0 amide bonds. The van der Waals surface area contributed by atoms with Gasteiger partial charge in [0.05, 0.1) is 11.8 Å². The van der Waals surface area contributed by atoms with Gasteiger partial charge in [-0.3, -0.25) is 4.98 Å². The fourth-order valence-electron chi connectivity index (χ4n) is 4.89. The van der Waals surface area contributed by atoms with Crippen LogP contribution in [-0.2, 0) is 6.42 Å². The van der Waals surface area contributed by atoms with Crippen LogP contribution in [0.25, 0.3) is 0 Å². The van der Waals surface area contributed by atoms with E-state index in [-0.39, 0.29) is 16.9 Å². The Bertz CT molecular complexity index is 1070. The molecule has 2 aromatic rings. The van der Waals surface area contributed by atoms with Gasteiger partial charge in [0.1, 0.15) is 11.0 Å². The maximum atomic E-state index is 13.1. The van der Waals surface area contributed by atoms with Crippen LogP contribution in [0.15, 0.2) is 29.2 Å². The molecule has 32 heavy (non-hydrogen) atoms. The second-order valence-corrected chi connectivity index (χ2v) is 12.9. The fraction of sp³-hybridized carbons (Fsp3) is 0.500. The number of fused-ring (bicyclic) bond motifs is 1. The van der Waals surface area contributed by atoms with E-state index in [1.54, 1.807) is 0 Å². The van der Waals surface area contributed by atoms with Gasteiger partial charge in [0, 0.05) is 20.4 Å². The predicted octanol–water partition coefficient (Wildman–Crippen LogP) is 7.70. The van der Waals surface area contributed by atoms with Gasteiger partial charge in [-0.25, -0.2) is 0 Å². The monoisotopic (exact) mass is 589 g/mol. The number of halogens is 6. The molecule has 0 aliphatic heterocycles. The molecule has 1 aromatic carbocycles. The molecule has 0 bridgehead atoms. The van der Waals surface area contributed by atoms with Crippen molar-refractivity contribution in [1.82, 2.24) is 4.98 Å². The number of aliphatic hydroxyl groups is 2. The first kappa shape index (κ1) is 24.2. The maximum absolute atomic E-state index is 13.1. The third-order valence-corrected chi connectivity index (χ3v) is 9.02. The van der Waals surface area contributed by atoms with Crippen molar-refractivity contribution in [3.63, 3.8) is 0 Å². The van der Waals surface area contributed by atoms with Crippen LogP contribution in [-0.4, -0.2) is 15.2 Å². The van der Waals surface area contributed by atoms with E-state index in [0.717, 1.165) is 43.5 Å². The lowest BCUT2D eigenvalue weighted by Crippen LogP contribution is -2.38. The summed E-state index contributed by atoms with van der Waals surface area (Å²) in [5, 5.41) is 22.0.